The van der Waals surface area contributed by atoms with E-state index in [2.05, 4.69) is 5.32 Å². The molecule has 4 rings (SSSR count). The summed E-state index contributed by atoms with van der Waals surface area (Å²) in [5.74, 6) is 0.496. The maximum absolute atomic E-state index is 13.1. The standard InChI is InChI=1S/C22H24N4O3S/c1-13-18-21(24-17-7-5-4-6-12-26(17)22(18)29)30-19(13)20(28)23-15-8-10-16(11-9-15)25(3)14(2)27/h8-11H,4-7,12H2,1-3H3,(H,23,28). The summed E-state index contributed by atoms with van der Waals surface area (Å²) in [5.41, 5.74) is 2.01. The summed E-state index contributed by atoms with van der Waals surface area (Å²) in [6.07, 6.45) is 3.91. The summed E-state index contributed by atoms with van der Waals surface area (Å²) in [7, 11) is 1.70. The van der Waals surface area contributed by atoms with Crippen LogP contribution in [0.15, 0.2) is 29.1 Å². The molecule has 30 heavy (non-hydrogen) atoms. The summed E-state index contributed by atoms with van der Waals surface area (Å²) < 4.78 is 1.78. The lowest BCUT2D eigenvalue weighted by atomic mass is 10.2. The van der Waals surface area contributed by atoms with E-state index in [0.29, 0.717) is 32.9 Å². The zero-order valence-electron chi connectivity index (χ0n) is 17.3. The van der Waals surface area contributed by atoms with Gasteiger partial charge in [-0.2, -0.15) is 0 Å². The fraction of sp³-hybridized carbons (Fsp3) is 0.364. The van der Waals surface area contributed by atoms with E-state index >= 15 is 0 Å². The number of hydrogen-bond acceptors (Lipinski definition) is 5. The Morgan fingerprint density at radius 3 is 2.60 bits per heavy atom. The van der Waals surface area contributed by atoms with E-state index in [-0.39, 0.29) is 17.4 Å². The van der Waals surface area contributed by atoms with E-state index in [9.17, 15) is 14.4 Å². The molecule has 1 aliphatic rings. The zero-order valence-corrected chi connectivity index (χ0v) is 18.1. The van der Waals surface area contributed by atoms with Gasteiger partial charge in [-0.05, 0) is 49.6 Å². The van der Waals surface area contributed by atoms with Crippen molar-refractivity contribution in [1.82, 2.24) is 9.55 Å². The minimum absolute atomic E-state index is 0.0404. The van der Waals surface area contributed by atoms with Crippen molar-refractivity contribution in [3.05, 3.63) is 50.9 Å². The van der Waals surface area contributed by atoms with Crippen LogP contribution in [0.2, 0.25) is 0 Å². The summed E-state index contributed by atoms with van der Waals surface area (Å²) in [6.45, 7) is 4.00. The fourth-order valence-corrected chi connectivity index (χ4v) is 4.85. The number of anilines is 2. The molecule has 0 saturated carbocycles. The number of benzene rings is 1. The minimum Gasteiger partial charge on any atom is -0.321 e. The monoisotopic (exact) mass is 424 g/mol. The van der Waals surface area contributed by atoms with E-state index in [1.807, 2.05) is 6.92 Å². The predicted molar refractivity (Wildman–Crippen MR) is 120 cm³/mol. The average Bonchev–Trinajstić information content (AvgIpc) is 2.89. The molecule has 1 aromatic carbocycles. The van der Waals surface area contributed by atoms with Gasteiger partial charge in [-0.1, -0.05) is 6.42 Å². The van der Waals surface area contributed by atoms with Gasteiger partial charge in [-0.3, -0.25) is 19.0 Å². The first kappa shape index (κ1) is 20.3. The number of hydrogen-bond donors (Lipinski definition) is 1. The topological polar surface area (TPSA) is 84.3 Å². The molecule has 0 radical (unpaired) electrons. The van der Waals surface area contributed by atoms with Gasteiger partial charge in [-0.15, -0.1) is 11.3 Å². The lowest BCUT2D eigenvalue weighted by molar-refractivity contribution is -0.116. The lowest BCUT2D eigenvalue weighted by Gasteiger charge is -2.15. The van der Waals surface area contributed by atoms with Gasteiger partial charge in [-0.25, -0.2) is 4.98 Å². The second kappa shape index (κ2) is 8.02. The number of thiophene rings is 1. The Morgan fingerprint density at radius 1 is 1.17 bits per heavy atom. The number of fused-ring (bicyclic) bond motifs is 2. The number of aromatic nitrogens is 2. The molecule has 0 spiro atoms. The predicted octanol–water partition coefficient (Wildman–Crippen LogP) is 3.73. The smallest absolute Gasteiger partial charge is 0.266 e. The molecular weight excluding hydrogens is 400 g/mol. The number of aryl methyl sites for hydroxylation is 2. The largest absolute Gasteiger partial charge is 0.321 e. The molecule has 156 valence electrons. The van der Waals surface area contributed by atoms with Crippen molar-refractivity contribution < 1.29 is 9.59 Å². The quantitative estimate of drug-likeness (QED) is 0.694. The van der Waals surface area contributed by atoms with Gasteiger partial charge in [0.05, 0.1) is 10.3 Å². The van der Waals surface area contributed by atoms with Gasteiger partial charge in [0.2, 0.25) is 5.91 Å². The summed E-state index contributed by atoms with van der Waals surface area (Å²) in [4.78, 5) is 44.8. The maximum atomic E-state index is 13.1. The average molecular weight is 425 g/mol. The molecule has 2 amide bonds. The summed E-state index contributed by atoms with van der Waals surface area (Å²) in [6, 6.07) is 7.06. The Morgan fingerprint density at radius 2 is 1.90 bits per heavy atom. The van der Waals surface area contributed by atoms with Crippen molar-refractivity contribution in [1.29, 1.82) is 0 Å². The van der Waals surface area contributed by atoms with Crippen LogP contribution in [0.4, 0.5) is 11.4 Å². The Bertz CT molecular complexity index is 1190. The molecule has 3 heterocycles. The number of rotatable bonds is 3. The van der Waals surface area contributed by atoms with Crippen LogP contribution in [0.5, 0.6) is 0 Å². The van der Waals surface area contributed by atoms with E-state index < -0.39 is 0 Å². The number of amides is 2. The molecule has 8 heteroatoms. The number of carbonyl (C=O) groups excluding carboxylic acids is 2. The highest BCUT2D eigenvalue weighted by Crippen LogP contribution is 2.29. The van der Waals surface area contributed by atoms with Gasteiger partial charge in [0.1, 0.15) is 10.7 Å². The number of nitrogens with zero attached hydrogens (tertiary/aromatic N) is 3. The second-order valence-electron chi connectivity index (χ2n) is 7.61. The highest BCUT2D eigenvalue weighted by molar-refractivity contribution is 7.20. The lowest BCUT2D eigenvalue weighted by Crippen LogP contribution is -2.24. The van der Waals surface area contributed by atoms with Gasteiger partial charge in [0.15, 0.2) is 0 Å². The molecule has 2 aromatic heterocycles. The van der Waals surface area contributed by atoms with Crippen molar-refractivity contribution in [3.63, 3.8) is 0 Å². The molecule has 7 nitrogen and oxygen atoms in total. The van der Waals surface area contributed by atoms with Crippen LogP contribution < -0.4 is 15.8 Å². The molecule has 1 aliphatic heterocycles. The van der Waals surface area contributed by atoms with Crippen LogP contribution in [0, 0.1) is 6.92 Å². The summed E-state index contributed by atoms with van der Waals surface area (Å²) in [5, 5.41) is 3.44. The van der Waals surface area contributed by atoms with Gasteiger partial charge < -0.3 is 10.2 Å². The van der Waals surface area contributed by atoms with Crippen molar-refractivity contribution in [3.8, 4) is 0 Å². The first-order valence-corrected chi connectivity index (χ1v) is 10.9. The van der Waals surface area contributed by atoms with E-state index in [1.54, 1.807) is 35.9 Å². The van der Waals surface area contributed by atoms with Crippen LogP contribution in [0.25, 0.3) is 10.2 Å². The Kier molecular flexibility index (Phi) is 5.42. The molecule has 0 aliphatic carbocycles. The van der Waals surface area contributed by atoms with E-state index in [0.717, 1.165) is 37.2 Å². The third kappa shape index (κ3) is 3.63. The molecular formula is C22H24N4O3S. The Balaban J connectivity index is 1.64. The minimum atomic E-state index is -0.261. The molecule has 0 fully saturated rings. The van der Waals surface area contributed by atoms with Crippen LogP contribution >= 0.6 is 11.3 Å². The van der Waals surface area contributed by atoms with Crippen LogP contribution in [-0.4, -0.2) is 28.4 Å². The van der Waals surface area contributed by atoms with Crippen molar-refractivity contribution in [2.75, 3.05) is 17.3 Å². The van der Waals surface area contributed by atoms with Crippen molar-refractivity contribution >= 4 is 44.7 Å². The van der Waals surface area contributed by atoms with Crippen LogP contribution in [0.1, 0.15) is 47.2 Å². The Hall–Kier alpha value is -3.00. The van der Waals surface area contributed by atoms with Gasteiger partial charge in [0, 0.05) is 38.3 Å². The van der Waals surface area contributed by atoms with Gasteiger partial charge in [0.25, 0.3) is 11.5 Å². The molecule has 3 aromatic rings. The molecule has 0 bridgehead atoms. The molecule has 0 unspecified atom stereocenters. The van der Waals surface area contributed by atoms with Crippen LogP contribution in [-0.2, 0) is 17.8 Å². The zero-order chi connectivity index (χ0) is 21.4. The second-order valence-corrected chi connectivity index (χ2v) is 8.61. The first-order chi connectivity index (χ1) is 14.4. The fourth-order valence-electron chi connectivity index (χ4n) is 3.76. The first-order valence-electron chi connectivity index (χ1n) is 10.1. The normalized spacial score (nSPS) is 13.6. The third-order valence-corrected chi connectivity index (χ3v) is 6.79. The number of carbonyl (C=O) groups is 2. The Labute approximate surface area is 178 Å². The maximum Gasteiger partial charge on any atom is 0.266 e. The molecule has 0 atom stereocenters. The highest BCUT2D eigenvalue weighted by atomic mass is 32.1. The SMILES string of the molecule is CC(=O)N(C)c1ccc(NC(=O)c2sc3nc4n(c(=O)c3c2C)CCCCC4)cc1. The summed E-state index contributed by atoms with van der Waals surface area (Å²) >= 11 is 1.27. The highest BCUT2D eigenvalue weighted by Gasteiger charge is 2.22. The number of nitrogens with one attached hydrogen (secondary N) is 1. The van der Waals surface area contributed by atoms with Crippen molar-refractivity contribution in [2.24, 2.45) is 0 Å². The van der Waals surface area contributed by atoms with E-state index in [1.165, 1.54) is 23.2 Å². The van der Waals surface area contributed by atoms with Crippen LogP contribution in [0.3, 0.4) is 0 Å². The molecule has 0 saturated heterocycles. The van der Waals surface area contributed by atoms with Crippen molar-refractivity contribution in [2.45, 2.75) is 46.1 Å². The van der Waals surface area contributed by atoms with Gasteiger partial charge >= 0.3 is 0 Å². The third-order valence-electron chi connectivity index (χ3n) is 5.60. The van der Waals surface area contributed by atoms with E-state index in [4.69, 9.17) is 4.98 Å². The molecule has 1 N–H and O–H groups in total.